The largest absolute Gasteiger partial charge is 0.465 e. The van der Waals surface area contributed by atoms with Gasteiger partial charge in [0.2, 0.25) is 6.41 Å². The van der Waals surface area contributed by atoms with E-state index >= 15 is 0 Å². The smallest absolute Gasteiger partial charge is 0.326 e. The molecule has 1 aliphatic rings. The molecule has 1 saturated heterocycles. The number of ether oxygens (including phenoxy) is 5. The van der Waals surface area contributed by atoms with Gasteiger partial charge in [0, 0.05) is 55.4 Å². The summed E-state index contributed by atoms with van der Waals surface area (Å²) in [7, 11) is 0. The fourth-order valence-corrected chi connectivity index (χ4v) is 4.90. The van der Waals surface area contributed by atoms with E-state index in [1.54, 1.807) is 6.92 Å². The molecular weight excluding hydrogens is 606 g/mol. The van der Waals surface area contributed by atoms with Crippen LogP contribution < -0.4 is 21.1 Å². The summed E-state index contributed by atoms with van der Waals surface area (Å²) in [6.45, 7) is 8.33. The van der Waals surface area contributed by atoms with Crippen molar-refractivity contribution in [2.24, 2.45) is 5.73 Å². The molecule has 1 fully saturated rings. The van der Waals surface area contributed by atoms with Gasteiger partial charge in [-0.3, -0.25) is 19.4 Å². The molecule has 13 nitrogen and oxygen atoms in total. The summed E-state index contributed by atoms with van der Waals surface area (Å²) in [4.78, 5) is 43.1. The molecular formula is C34H49N5O8. The van der Waals surface area contributed by atoms with Gasteiger partial charge in [-0.2, -0.15) is 0 Å². The Morgan fingerprint density at radius 3 is 2.21 bits per heavy atom. The summed E-state index contributed by atoms with van der Waals surface area (Å²) in [6, 6.07) is 11.3. The first-order valence-corrected chi connectivity index (χ1v) is 16.2. The topological polar surface area (TPSA) is 148 Å². The van der Waals surface area contributed by atoms with Crippen molar-refractivity contribution < 1.29 is 33.3 Å². The van der Waals surface area contributed by atoms with Crippen LogP contribution >= 0.6 is 0 Å². The maximum Gasteiger partial charge on any atom is 0.326 e. The number of rotatable bonds is 20. The Morgan fingerprint density at radius 1 is 0.894 bits per heavy atom. The molecule has 0 spiro atoms. The van der Waals surface area contributed by atoms with Gasteiger partial charge in [-0.25, -0.2) is 0 Å². The normalized spacial score (nSPS) is 12.8. The van der Waals surface area contributed by atoms with E-state index in [4.69, 9.17) is 29.4 Å². The van der Waals surface area contributed by atoms with E-state index in [2.05, 4.69) is 34.1 Å². The third-order valence-corrected chi connectivity index (χ3v) is 7.23. The van der Waals surface area contributed by atoms with Crippen molar-refractivity contribution in [2.75, 3.05) is 95.4 Å². The van der Waals surface area contributed by atoms with Crippen molar-refractivity contribution in [2.45, 2.75) is 32.7 Å². The lowest BCUT2D eigenvalue weighted by Crippen LogP contribution is -2.30. The summed E-state index contributed by atoms with van der Waals surface area (Å²) in [5.41, 5.74) is 6.73. The second kappa shape index (κ2) is 22.6. The lowest BCUT2D eigenvalue weighted by molar-refractivity contribution is -0.143. The van der Waals surface area contributed by atoms with Gasteiger partial charge in [-0.1, -0.05) is 24.3 Å². The van der Waals surface area contributed by atoms with E-state index in [1.165, 1.54) is 76.6 Å². The van der Waals surface area contributed by atoms with Crippen molar-refractivity contribution in [3.63, 3.8) is 0 Å². The number of nitrogens with zero attached hydrogens (tertiary/aromatic N) is 4. The molecule has 258 valence electrons. The minimum atomic E-state index is -0.520. The molecule has 0 saturated carbocycles. The highest BCUT2D eigenvalue weighted by molar-refractivity contribution is 5.93. The van der Waals surface area contributed by atoms with Gasteiger partial charge in [0.15, 0.2) is 0 Å². The average Bonchev–Trinajstić information content (AvgIpc) is 3.10. The molecule has 0 aliphatic carbocycles. The first-order valence-electron chi connectivity index (χ1n) is 16.2. The van der Waals surface area contributed by atoms with Crippen molar-refractivity contribution >= 4 is 34.5 Å². The van der Waals surface area contributed by atoms with Gasteiger partial charge in [-0.15, -0.1) is 0 Å². The van der Waals surface area contributed by atoms with Gasteiger partial charge in [0.1, 0.15) is 6.54 Å². The van der Waals surface area contributed by atoms with Crippen LogP contribution in [0.1, 0.15) is 26.2 Å². The highest BCUT2D eigenvalue weighted by atomic mass is 16.6. The van der Waals surface area contributed by atoms with Gasteiger partial charge >= 0.3 is 5.97 Å². The summed E-state index contributed by atoms with van der Waals surface area (Å²) in [5.74, 6) is -0.520. The number of benzene rings is 1. The molecule has 1 aromatic carbocycles. The molecule has 3 aromatic rings. The number of nitrogens with two attached hydrogens (primary N) is 1. The van der Waals surface area contributed by atoms with Gasteiger partial charge in [0.25, 0.3) is 5.56 Å². The highest BCUT2D eigenvalue weighted by Crippen LogP contribution is 2.27. The molecule has 47 heavy (non-hydrogen) atoms. The minimum absolute atomic E-state index is 0.217. The maximum absolute atomic E-state index is 11.9. The van der Waals surface area contributed by atoms with Gasteiger partial charge in [0.05, 0.1) is 77.0 Å². The molecule has 2 N–H and O–H groups in total. The van der Waals surface area contributed by atoms with Crippen molar-refractivity contribution in [1.29, 1.82) is 0 Å². The number of carbonyl (C=O) groups excluding carboxylic acids is 2. The number of piperidine rings is 1. The van der Waals surface area contributed by atoms with E-state index in [9.17, 15) is 14.4 Å². The molecule has 0 radical (unpaired) electrons. The Labute approximate surface area is 276 Å². The average molecular weight is 656 g/mol. The second-order valence-corrected chi connectivity index (χ2v) is 10.6. The first-order chi connectivity index (χ1) is 23.1. The summed E-state index contributed by atoms with van der Waals surface area (Å²) in [5, 5.41) is 2.57. The van der Waals surface area contributed by atoms with E-state index < -0.39 is 5.97 Å². The molecule has 0 atom stereocenters. The molecule has 1 aliphatic heterocycles. The lowest BCUT2D eigenvalue weighted by Gasteiger charge is -2.29. The Kier molecular flexibility index (Phi) is 18.1. The Hall–Kier alpha value is -3.88. The van der Waals surface area contributed by atoms with Gasteiger partial charge < -0.3 is 43.8 Å². The van der Waals surface area contributed by atoms with Crippen LogP contribution in [0.2, 0.25) is 0 Å². The Morgan fingerprint density at radius 2 is 1.55 bits per heavy atom. The fourth-order valence-electron chi connectivity index (χ4n) is 4.90. The number of carbonyl (C=O) groups is 2. The standard InChI is InChI=1S/C20H33N3O8.C14H16N2/c1-2-31-20(26)16-23-15-18(3-4-19(23)25)22(17-24)6-8-28-10-12-30-14-13-29-11-9-27-7-5-21;1-4-8-16(9-5-1)14-11-15-10-12-6-2-3-7-13(12)14/h3-4,15,17H,2,5-14,16,21H2,1H3;2-3,6-7,10-11H,1,4-5,8-9H2. The SMILES string of the molecule is CCOC(=O)Cn1cc(N(C=O)CCOCCOCCOCCOCCN)ccc1=O.c1ccc2c(N3CCCCC3)cncc2c1. The van der Waals surface area contributed by atoms with Crippen LogP contribution in [0.3, 0.4) is 0 Å². The van der Waals surface area contributed by atoms with E-state index in [1.807, 2.05) is 12.4 Å². The Bertz CT molecular complexity index is 1380. The minimum Gasteiger partial charge on any atom is -0.465 e. The van der Waals surface area contributed by atoms with E-state index in [0.717, 1.165) is 0 Å². The molecule has 0 unspecified atom stereocenters. The lowest BCUT2D eigenvalue weighted by atomic mass is 10.1. The summed E-state index contributed by atoms with van der Waals surface area (Å²) in [6.07, 6.45) is 10.0. The third-order valence-electron chi connectivity index (χ3n) is 7.23. The summed E-state index contributed by atoms with van der Waals surface area (Å²) < 4.78 is 27.4. The maximum atomic E-state index is 11.9. The molecule has 0 bridgehead atoms. The zero-order valence-corrected chi connectivity index (χ0v) is 27.4. The zero-order chi connectivity index (χ0) is 33.5. The molecule has 1 amide bonds. The molecule has 3 heterocycles. The number of amides is 1. The van der Waals surface area contributed by atoms with Crippen LogP contribution in [-0.4, -0.2) is 108 Å². The number of aromatic nitrogens is 2. The number of esters is 1. The van der Waals surface area contributed by atoms with Crippen LogP contribution in [0.15, 0.2) is 59.8 Å². The second-order valence-electron chi connectivity index (χ2n) is 10.6. The highest BCUT2D eigenvalue weighted by Gasteiger charge is 2.13. The number of anilines is 2. The molecule has 2 aromatic heterocycles. The van der Waals surface area contributed by atoms with Crippen LogP contribution in [0.5, 0.6) is 0 Å². The monoisotopic (exact) mass is 655 g/mol. The zero-order valence-electron chi connectivity index (χ0n) is 27.4. The molecule has 4 rings (SSSR count). The van der Waals surface area contributed by atoms with Crippen LogP contribution in [0.4, 0.5) is 11.4 Å². The number of hydrogen-bond acceptors (Lipinski definition) is 11. The van der Waals surface area contributed by atoms with E-state index in [-0.39, 0.29) is 31.9 Å². The molecule has 13 heteroatoms. The predicted octanol–water partition coefficient (Wildman–Crippen LogP) is 2.62. The number of pyridine rings is 2. The first kappa shape index (κ1) is 37.6. The van der Waals surface area contributed by atoms with Crippen LogP contribution in [-0.2, 0) is 39.8 Å². The predicted molar refractivity (Wildman–Crippen MR) is 181 cm³/mol. The van der Waals surface area contributed by atoms with Crippen molar-refractivity contribution in [3.8, 4) is 0 Å². The van der Waals surface area contributed by atoms with Crippen LogP contribution in [0.25, 0.3) is 10.8 Å². The van der Waals surface area contributed by atoms with Crippen LogP contribution in [0, 0.1) is 0 Å². The van der Waals surface area contributed by atoms with Crippen molar-refractivity contribution in [1.82, 2.24) is 9.55 Å². The van der Waals surface area contributed by atoms with Crippen molar-refractivity contribution in [3.05, 3.63) is 65.3 Å². The van der Waals surface area contributed by atoms with Gasteiger partial charge in [-0.05, 0) is 32.3 Å². The number of hydrogen-bond donors (Lipinski definition) is 1. The summed E-state index contributed by atoms with van der Waals surface area (Å²) >= 11 is 0. The third kappa shape index (κ3) is 13.8. The number of fused-ring (bicyclic) bond motifs is 1. The van der Waals surface area contributed by atoms with E-state index in [0.29, 0.717) is 64.9 Å². The Balaban J connectivity index is 0.000000308. The fraction of sp³-hybridized carbons (Fsp3) is 0.529. The quantitative estimate of drug-likeness (QED) is 0.109.